The Kier molecular flexibility index (Phi) is 4.46. The first kappa shape index (κ1) is 13.5. The zero-order valence-electron chi connectivity index (χ0n) is 11.1. The predicted molar refractivity (Wildman–Crippen MR) is 71.0 cm³/mol. The second-order valence-corrected chi connectivity index (χ2v) is 4.10. The maximum atomic E-state index is 12.1. The Balaban J connectivity index is 2.10. The number of nitrogens with one attached hydrogen (secondary N) is 1. The fourth-order valence-electron chi connectivity index (χ4n) is 1.87. The maximum Gasteiger partial charge on any atom is 0.322 e. The third-order valence-corrected chi connectivity index (χ3v) is 2.95. The van der Waals surface area contributed by atoms with Crippen LogP contribution in [0.5, 0.6) is 11.5 Å². The van der Waals surface area contributed by atoms with Crippen molar-refractivity contribution >= 4 is 11.7 Å². The lowest BCUT2D eigenvalue weighted by atomic mass is 10.2. The second-order valence-electron chi connectivity index (χ2n) is 4.10. The van der Waals surface area contributed by atoms with Crippen LogP contribution in [0.4, 0.5) is 10.5 Å². The van der Waals surface area contributed by atoms with Crippen LogP contribution in [0.3, 0.4) is 0 Å². The van der Waals surface area contributed by atoms with Gasteiger partial charge in [-0.05, 0) is 12.1 Å². The first-order chi connectivity index (χ1) is 9.24. The van der Waals surface area contributed by atoms with Crippen LogP contribution in [0.2, 0.25) is 0 Å². The number of rotatable bonds is 3. The summed E-state index contributed by atoms with van der Waals surface area (Å²) in [5.41, 5.74) is 0.596. The summed E-state index contributed by atoms with van der Waals surface area (Å²) in [6, 6.07) is 5.11. The molecule has 1 N–H and O–H groups in total. The van der Waals surface area contributed by atoms with Crippen LogP contribution in [0.25, 0.3) is 0 Å². The van der Waals surface area contributed by atoms with Gasteiger partial charge in [0.2, 0.25) is 0 Å². The summed E-state index contributed by atoms with van der Waals surface area (Å²) in [5.74, 6) is 1.26. The normalized spacial score (nSPS) is 14.9. The van der Waals surface area contributed by atoms with Gasteiger partial charge in [-0.2, -0.15) is 0 Å². The summed E-state index contributed by atoms with van der Waals surface area (Å²) < 4.78 is 15.6. The van der Waals surface area contributed by atoms with Gasteiger partial charge in [-0.1, -0.05) is 0 Å². The number of urea groups is 1. The molecule has 0 unspecified atom stereocenters. The highest BCUT2D eigenvalue weighted by atomic mass is 16.5. The molecule has 0 aromatic heterocycles. The third-order valence-electron chi connectivity index (χ3n) is 2.95. The monoisotopic (exact) mass is 266 g/mol. The Bertz CT molecular complexity index is 444. The quantitative estimate of drug-likeness (QED) is 0.902. The Labute approximate surface area is 112 Å². The minimum absolute atomic E-state index is 0.158. The molecule has 1 saturated heterocycles. The van der Waals surface area contributed by atoms with Gasteiger partial charge in [0.15, 0.2) is 0 Å². The predicted octanol–water partition coefficient (Wildman–Crippen LogP) is 1.57. The molecule has 0 aliphatic carbocycles. The molecule has 104 valence electrons. The molecule has 1 fully saturated rings. The van der Waals surface area contributed by atoms with E-state index in [1.807, 2.05) is 0 Å². The van der Waals surface area contributed by atoms with Crippen LogP contribution in [0, 0.1) is 0 Å². The summed E-state index contributed by atoms with van der Waals surface area (Å²) in [6.07, 6.45) is 0. The molecule has 6 heteroatoms. The van der Waals surface area contributed by atoms with Crippen LogP contribution >= 0.6 is 0 Å². The number of amides is 2. The third kappa shape index (κ3) is 3.29. The molecule has 6 nitrogen and oxygen atoms in total. The van der Waals surface area contributed by atoms with E-state index in [9.17, 15) is 4.79 Å². The van der Waals surface area contributed by atoms with E-state index in [1.54, 1.807) is 37.3 Å². The van der Waals surface area contributed by atoms with Crippen molar-refractivity contribution in [2.45, 2.75) is 0 Å². The highest BCUT2D eigenvalue weighted by Crippen LogP contribution is 2.29. The SMILES string of the molecule is COc1ccc(OC)c(NC(=O)N2CCOCC2)c1. The van der Waals surface area contributed by atoms with E-state index in [0.717, 1.165) is 0 Å². The van der Waals surface area contributed by atoms with E-state index in [4.69, 9.17) is 14.2 Å². The van der Waals surface area contributed by atoms with Gasteiger partial charge in [0.1, 0.15) is 11.5 Å². The van der Waals surface area contributed by atoms with E-state index >= 15 is 0 Å². The zero-order chi connectivity index (χ0) is 13.7. The number of benzene rings is 1. The number of morpholine rings is 1. The fraction of sp³-hybridized carbons (Fsp3) is 0.462. The van der Waals surface area contributed by atoms with Gasteiger partial charge in [-0.25, -0.2) is 4.79 Å². The van der Waals surface area contributed by atoms with Crippen molar-refractivity contribution in [2.75, 3.05) is 45.8 Å². The van der Waals surface area contributed by atoms with Gasteiger partial charge in [0.05, 0.1) is 33.1 Å². The van der Waals surface area contributed by atoms with E-state index in [-0.39, 0.29) is 6.03 Å². The van der Waals surface area contributed by atoms with Gasteiger partial charge < -0.3 is 24.4 Å². The fourth-order valence-corrected chi connectivity index (χ4v) is 1.87. The summed E-state index contributed by atoms with van der Waals surface area (Å²) in [7, 11) is 3.14. The van der Waals surface area contributed by atoms with Gasteiger partial charge >= 0.3 is 6.03 Å². The van der Waals surface area contributed by atoms with E-state index in [0.29, 0.717) is 43.5 Å². The highest BCUT2D eigenvalue weighted by Gasteiger charge is 2.18. The van der Waals surface area contributed by atoms with Gasteiger partial charge in [-0.3, -0.25) is 0 Å². The smallest absolute Gasteiger partial charge is 0.322 e. The van der Waals surface area contributed by atoms with E-state index in [1.165, 1.54) is 0 Å². The van der Waals surface area contributed by atoms with Gasteiger partial charge in [-0.15, -0.1) is 0 Å². The average molecular weight is 266 g/mol. The lowest BCUT2D eigenvalue weighted by Crippen LogP contribution is -2.43. The summed E-state index contributed by atoms with van der Waals surface area (Å²) >= 11 is 0. The molecule has 19 heavy (non-hydrogen) atoms. The molecular formula is C13H18N2O4. The van der Waals surface area contributed by atoms with Crippen molar-refractivity contribution in [1.29, 1.82) is 0 Å². The first-order valence-corrected chi connectivity index (χ1v) is 6.10. The van der Waals surface area contributed by atoms with Crippen LogP contribution in [-0.2, 0) is 4.74 Å². The topological polar surface area (TPSA) is 60.0 Å². The number of methoxy groups -OCH3 is 2. The summed E-state index contributed by atoms with van der Waals surface area (Å²) in [5, 5.41) is 2.83. The molecule has 1 heterocycles. The van der Waals surface area contributed by atoms with Crippen LogP contribution in [-0.4, -0.2) is 51.5 Å². The number of nitrogens with zero attached hydrogens (tertiary/aromatic N) is 1. The number of carbonyl (C=O) groups is 1. The second kappa shape index (κ2) is 6.29. The Morgan fingerprint density at radius 1 is 1.26 bits per heavy atom. The van der Waals surface area contributed by atoms with Crippen molar-refractivity contribution in [3.63, 3.8) is 0 Å². The molecule has 0 saturated carbocycles. The van der Waals surface area contributed by atoms with Gasteiger partial charge in [0.25, 0.3) is 0 Å². The minimum Gasteiger partial charge on any atom is -0.497 e. The lowest BCUT2D eigenvalue weighted by Gasteiger charge is -2.27. The Morgan fingerprint density at radius 2 is 2.00 bits per heavy atom. The van der Waals surface area contributed by atoms with Crippen molar-refractivity contribution in [2.24, 2.45) is 0 Å². The Morgan fingerprint density at radius 3 is 2.63 bits per heavy atom. The molecule has 1 aromatic rings. The largest absolute Gasteiger partial charge is 0.497 e. The van der Waals surface area contributed by atoms with Crippen LogP contribution in [0.1, 0.15) is 0 Å². The standard InChI is InChI=1S/C13H18N2O4/c1-17-10-3-4-12(18-2)11(9-10)14-13(16)15-5-7-19-8-6-15/h3-4,9H,5-8H2,1-2H3,(H,14,16). The maximum absolute atomic E-state index is 12.1. The molecule has 1 aliphatic rings. The Hall–Kier alpha value is -1.95. The van der Waals surface area contributed by atoms with Crippen molar-refractivity contribution in [1.82, 2.24) is 4.90 Å². The van der Waals surface area contributed by atoms with Crippen molar-refractivity contribution < 1.29 is 19.0 Å². The van der Waals surface area contributed by atoms with E-state index in [2.05, 4.69) is 5.32 Å². The number of carbonyl (C=O) groups excluding carboxylic acids is 1. The molecule has 2 amide bonds. The molecular weight excluding hydrogens is 248 g/mol. The zero-order valence-corrected chi connectivity index (χ0v) is 11.1. The minimum atomic E-state index is -0.158. The molecule has 0 atom stereocenters. The number of hydrogen-bond donors (Lipinski definition) is 1. The number of hydrogen-bond acceptors (Lipinski definition) is 4. The molecule has 0 spiro atoms. The van der Waals surface area contributed by atoms with Crippen molar-refractivity contribution in [3.8, 4) is 11.5 Å². The van der Waals surface area contributed by atoms with Crippen molar-refractivity contribution in [3.05, 3.63) is 18.2 Å². The van der Waals surface area contributed by atoms with E-state index < -0.39 is 0 Å². The summed E-state index contributed by atoms with van der Waals surface area (Å²) in [4.78, 5) is 13.8. The van der Waals surface area contributed by atoms with Crippen LogP contribution in [0.15, 0.2) is 18.2 Å². The lowest BCUT2D eigenvalue weighted by molar-refractivity contribution is 0.0564. The highest BCUT2D eigenvalue weighted by molar-refractivity contribution is 5.91. The molecule has 0 radical (unpaired) electrons. The number of ether oxygens (including phenoxy) is 3. The average Bonchev–Trinajstić information content (AvgIpc) is 2.48. The summed E-state index contributed by atoms with van der Waals surface area (Å²) in [6.45, 7) is 2.33. The molecule has 1 aromatic carbocycles. The van der Waals surface area contributed by atoms with Gasteiger partial charge in [0, 0.05) is 19.2 Å². The molecule has 0 bridgehead atoms. The van der Waals surface area contributed by atoms with Crippen LogP contribution < -0.4 is 14.8 Å². The number of anilines is 1. The molecule has 1 aliphatic heterocycles. The molecule has 2 rings (SSSR count). The first-order valence-electron chi connectivity index (χ1n) is 6.10.